The zero-order valence-electron chi connectivity index (χ0n) is 13.7. The number of nitrogens with two attached hydrogens (primary N) is 1. The van der Waals surface area contributed by atoms with Gasteiger partial charge in [-0.2, -0.15) is 5.26 Å². The number of benzene rings is 2. The van der Waals surface area contributed by atoms with E-state index >= 15 is 0 Å². The Morgan fingerprint density at radius 2 is 1.69 bits per heavy atom. The maximum Gasteiger partial charge on any atom is 0.289 e. The van der Waals surface area contributed by atoms with Crippen LogP contribution in [0.5, 0.6) is 0 Å². The first-order chi connectivity index (χ1) is 12.7. The van der Waals surface area contributed by atoms with Gasteiger partial charge in [0.1, 0.15) is 22.5 Å². The number of halogens is 1. The molecule has 4 nitrogen and oxygen atoms in total. The van der Waals surface area contributed by atoms with Crippen LogP contribution in [-0.2, 0) is 0 Å². The molecule has 0 aliphatic heterocycles. The Kier molecular flexibility index (Phi) is 4.00. The highest BCUT2D eigenvalue weighted by Crippen LogP contribution is 2.32. The number of nitrogens with zero attached hydrogens (tertiary/aromatic N) is 2. The van der Waals surface area contributed by atoms with Gasteiger partial charge in [0.15, 0.2) is 0 Å². The first-order valence-corrected chi connectivity index (χ1v) is 8.42. The molecule has 4 aromatic rings. The largest absolute Gasteiger partial charge is 0.289 e. The average molecular weight is 358 g/mol. The molecule has 0 aliphatic rings. The molecule has 2 heterocycles. The van der Waals surface area contributed by atoms with Crippen LogP contribution < -0.4 is 10.7 Å². The first kappa shape index (κ1) is 16.1. The van der Waals surface area contributed by atoms with Gasteiger partial charge in [-0.1, -0.05) is 60.1 Å². The molecule has 2 aromatic carbocycles. The normalized spacial score (nSPS) is 10.6. The van der Waals surface area contributed by atoms with Crippen molar-refractivity contribution in [1.29, 1.82) is 5.26 Å². The second-order valence-corrected chi connectivity index (χ2v) is 6.24. The summed E-state index contributed by atoms with van der Waals surface area (Å²) in [7, 11) is 0. The second kappa shape index (κ2) is 6.47. The zero-order valence-corrected chi connectivity index (χ0v) is 14.5. The van der Waals surface area contributed by atoms with Crippen molar-refractivity contribution in [2.75, 3.05) is 5.73 Å². The van der Waals surface area contributed by atoms with Crippen molar-refractivity contribution in [3.63, 3.8) is 0 Å². The van der Waals surface area contributed by atoms with Crippen molar-refractivity contribution in [1.82, 2.24) is 4.98 Å². The number of fused-ring (bicyclic) bond motifs is 1. The minimum atomic E-state index is 0.299. The van der Waals surface area contributed by atoms with E-state index in [1.165, 1.54) is 0 Å². The molecule has 0 saturated carbocycles. The fourth-order valence-corrected chi connectivity index (χ4v) is 3.24. The maximum absolute atomic E-state index is 9.53. The molecule has 3 N–H and O–H groups in total. The lowest BCUT2D eigenvalue weighted by molar-refractivity contribution is -0.346. The highest BCUT2D eigenvalue weighted by Gasteiger charge is 2.19. The van der Waals surface area contributed by atoms with Gasteiger partial charge >= 0.3 is 0 Å². The van der Waals surface area contributed by atoms with Crippen LogP contribution in [0.4, 0.5) is 5.82 Å². The van der Waals surface area contributed by atoms with Crippen molar-refractivity contribution in [3.8, 4) is 28.5 Å². The molecule has 5 heteroatoms. The number of nitrogens with one attached hydrogen (secondary N) is 1. The molecule has 0 atom stereocenters. The van der Waals surface area contributed by atoms with Gasteiger partial charge in [0.05, 0.1) is 11.1 Å². The molecule has 0 aliphatic carbocycles. The molecule has 0 radical (unpaired) electrons. The maximum atomic E-state index is 9.53. The Balaban J connectivity index is 1.98. The fraction of sp³-hybridized carbons (Fsp3) is 0. The van der Waals surface area contributed by atoms with Crippen LogP contribution in [0, 0.1) is 11.3 Å². The van der Waals surface area contributed by atoms with Gasteiger partial charge in [0.2, 0.25) is 0 Å². The quantitative estimate of drug-likeness (QED) is 0.537. The van der Waals surface area contributed by atoms with E-state index in [0.717, 1.165) is 27.6 Å². The van der Waals surface area contributed by atoms with E-state index in [1.807, 2.05) is 66.7 Å². The van der Waals surface area contributed by atoms with Crippen molar-refractivity contribution >= 4 is 28.3 Å². The summed E-state index contributed by atoms with van der Waals surface area (Å²) in [6.45, 7) is 0. The third kappa shape index (κ3) is 2.75. The van der Waals surface area contributed by atoms with Crippen LogP contribution in [0.15, 0.2) is 66.7 Å². The molecule has 124 valence electrons. The molecule has 0 saturated heterocycles. The van der Waals surface area contributed by atoms with Crippen LogP contribution in [0.1, 0.15) is 5.56 Å². The van der Waals surface area contributed by atoms with E-state index in [4.69, 9.17) is 17.3 Å². The van der Waals surface area contributed by atoms with Crippen molar-refractivity contribution in [3.05, 3.63) is 77.4 Å². The molecule has 0 bridgehead atoms. The van der Waals surface area contributed by atoms with Gasteiger partial charge in [-0.25, -0.2) is 9.97 Å². The Hall–Kier alpha value is -3.42. The summed E-state index contributed by atoms with van der Waals surface area (Å²) in [5, 5.41) is 10.9. The summed E-state index contributed by atoms with van der Waals surface area (Å²) < 4.78 is 0. The van der Waals surface area contributed by atoms with Crippen LogP contribution >= 0.6 is 11.6 Å². The minimum absolute atomic E-state index is 0.299. The van der Waals surface area contributed by atoms with Gasteiger partial charge < -0.3 is 0 Å². The van der Waals surface area contributed by atoms with E-state index < -0.39 is 0 Å². The van der Waals surface area contributed by atoms with Crippen molar-refractivity contribution in [2.45, 2.75) is 0 Å². The predicted molar refractivity (Wildman–Crippen MR) is 103 cm³/mol. The van der Waals surface area contributed by atoms with Crippen molar-refractivity contribution in [2.24, 2.45) is 0 Å². The molecule has 4 rings (SSSR count). The van der Waals surface area contributed by atoms with Gasteiger partial charge in [-0.15, -0.1) is 0 Å². The standard InChI is InChI=1S/C21H13ClN4/c22-20-16(10-14-8-4-5-9-18(14)25-20)19-11-15(13-6-2-1-3-7-13)17(12-23)21(24)26-19/h1-11H,(H2,24,26)/p+1. The Bertz CT molecular complexity index is 1160. The van der Waals surface area contributed by atoms with E-state index in [1.54, 1.807) is 0 Å². The van der Waals surface area contributed by atoms with Crippen molar-refractivity contribution < 1.29 is 4.98 Å². The zero-order chi connectivity index (χ0) is 18.1. The summed E-state index contributed by atoms with van der Waals surface area (Å²) >= 11 is 6.43. The number of hydrogen-bond donors (Lipinski definition) is 1. The number of rotatable bonds is 2. The summed E-state index contributed by atoms with van der Waals surface area (Å²) in [4.78, 5) is 7.56. The number of pyridine rings is 2. The topological polar surface area (TPSA) is 76.8 Å². The number of anilines is 1. The molecule has 0 unspecified atom stereocenters. The lowest BCUT2D eigenvalue weighted by atomic mass is 9.98. The van der Waals surface area contributed by atoms with Gasteiger partial charge in [-0.3, -0.25) is 5.73 Å². The third-order valence-corrected chi connectivity index (χ3v) is 4.55. The number of nitriles is 1. The highest BCUT2D eigenvalue weighted by molar-refractivity contribution is 6.32. The van der Waals surface area contributed by atoms with Crippen LogP contribution in [0.3, 0.4) is 0 Å². The van der Waals surface area contributed by atoms with E-state index in [-0.39, 0.29) is 0 Å². The van der Waals surface area contributed by atoms with Gasteiger partial charge in [-0.05, 0) is 23.8 Å². The predicted octanol–water partition coefficient (Wildman–Crippen LogP) is 4.49. The highest BCUT2D eigenvalue weighted by atomic mass is 35.5. The van der Waals surface area contributed by atoms with E-state index in [2.05, 4.69) is 16.0 Å². The van der Waals surface area contributed by atoms with Crippen LogP contribution in [0.25, 0.3) is 33.3 Å². The summed E-state index contributed by atoms with van der Waals surface area (Å²) in [5.41, 5.74) is 10.5. The Labute approximate surface area is 155 Å². The number of para-hydroxylation sites is 1. The van der Waals surface area contributed by atoms with Gasteiger partial charge in [0, 0.05) is 10.9 Å². The van der Waals surface area contributed by atoms with Gasteiger partial charge in [0.25, 0.3) is 5.82 Å². The lowest BCUT2D eigenvalue weighted by Crippen LogP contribution is -2.16. The summed E-state index contributed by atoms with van der Waals surface area (Å²) in [6, 6.07) is 23.5. The monoisotopic (exact) mass is 357 g/mol. The molecule has 0 spiro atoms. The molecular formula is C21H14ClN4+. The van der Waals surface area contributed by atoms with Crippen LogP contribution in [0.2, 0.25) is 5.15 Å². The third-order valence-electron chi connectivity index (χ3n) is 4.26. The number of nitrogen functional groups attached to an aromatic ring is 1. The Morgan fingerprint density at radius 3 is 2.46 bits per heavy atom. The van der Waals surface area contributed by atoms with E-state index in [0.29, 0.717) is 22.2 Å². The van der Waals surface area contributed by atoms with Crippen LogP contribution in [-0.4, -0.2) is 4.98 Å². The SMILES string of the molecule is N#Cc1c(-c2ccccc2)cc(-c2cc3ccccc3nc2Cl)[nH+]c1N. The number of H-pyrrole nitrogens is 1. The van der Waals surface area contributed by atoms with E-state index in [9.17, 15) is 5.26 Å². The molecule has 2 aromatic heterocycles. The first-order valence-electron chi connectivity index (χ1n) is 8.04. The average Bonchev–Trinajstić information content (AvgIpc) is 2.67. The lowest BCUT2D eigenvalue weighted by Gasteiger charge is -2.09. The fourth-order valence-electron chi connectivity index (χ4n) is 3.00. The summed E-state index contributed by atoms with van der Waals surface area (Å²) in [6.07, 6.45) is 0. The second-order valence-electron chi connectivity index (χ2n) is 5.88. The number of hydrogen-bond acceptors (Lipinski definition) is 3. The molecule has 0 amide bonds. The molecule has 26 heavy (non-hydrogen) atoms. The number of aromatic nitrogens is 2. The molecule has 0 fully saturated rings. The molecular weight excluding hydrogens is 344 g/mol. The summed E-state index contributed by atoms with van der Waals surface area (Å²) in [5.74, 6) is 0.299. The Morgan fingerprint density at radius 1 is 0.962 bits per heavy atom. The smallest absolute Gasteiger partial charge is 0.286 e. The minimum Gasteiger partial charge on any atom is -0.286 e. The number of aromatic amines is 1.